The Hall–Kier alpha value is -1.01. The maximum atomic E-state index is 11.7. The summed E-state index contributed by atoms with van der Waals surface area (Å²) in [6, 6.07) is 5.20. The number of carbonyl (C=O) groups is 1. The number of aliphatic imine (C=N–C) groups is 1. The summed E-state index contributed by atoms with van der Waals surface area (Å²) in [6.45, 7) is 3.05. The van der Waals surface area contributed by atoms with Gasteiger partial charge in [0.1, 0.15) is 0 Å². The zero-order valence-electron chi connectivity index (χ0n) is 16.4. The van der Waals surface area contributed by atoms with Crippen LogP contribution in [-0.4, -0.2) is 70.6 Å². The van der Waals surface area contributed by atoms with Crippen LogP contribution in [0.3, 0.4) is 0 Å². The monoisotopic (exact) mass is 528 g/mol. The van der Waals surface area contributed by atoms with Gasteiger partial charge in [-0.3, -0.25) is 4.79 Å². The number of hydrogen-bond acceptors (Lipinski definition) is 5. The van der Waals surface area contributed by atoms with Crippen molar-refractivity contribution in [3.63, 3.8) is 0 Å². The summed E-state index contributed by atoms with van der Waals surface area (Å²) in [6.07, 6.45) is 3.22. The van der Waals surface area contributed by atoms with Crippen LogP contribution in [0.4, 0.5) is 0 Å². The van der Waals surface area contributed by atoms with Gasteiger partial charge in [0.05, 0.1) is 18.0 Å². The van der Waals surface area contributed by atoms with Crippen LogP contribution in [0.2, 0.25) is 0 Å². The first-order chi connectivity index (χ1) is 12.1. The highest BCUT2D eigenvalue weighted by Crippen LogP contribution is 2.17. The molecule has 0 heterocycles. The summed E-state index contributed by atoms with van der Waals surface area (Å²) in [4.78, 5) is 18.1. The smallest absolute Gasteiger partial charge is 0.241 e. The molecule has 0 fully saturated rings. The first-order valence-corrected chi connectivity index (χ1v) is 11.4. The van der Waals surface area contributed by atoms with Gasteiger partial charge in [0.15, 0.2) is 15.8 Å². The van der Waals surface area contributed by atoms with Gasteiger partial charge >= 0.3 is 0 Å². The quantitative estimate of drug-likeness (QED) is 0.230. The molecule has 0 saturated carbocycles. The van der Waals surface area contributed by atoms with Crippen LogP contribution in [-0.2, 0) is 21.2 Å². The highest BCUT2D eigenvalue weighted by atomic mass is 127. The number of sulfone groups is 1. The largest absolute Gasteiger partial charge is 0.356 e. The molecule has 27 heavy (non-hydrogen) atoms. The second-order valence-corrected chi connectivity index (χ2v) is 9.07. The minimum absolute atomic E-state index is 0. The third-order valence-electron chi connectivity index (χ3n) is 3.56. The van der Waals surface area contributed by atoms with Crippen molar-refractivity contribution in [1.29, 1.82) is 0 Å². The number of likely N-dealkylation sites (N-methyl/N-ethyl adjacent to an activating group) is 1. The lowest BCUT2D eigenvalue weighted by Crippen LogP contribution is -2.43. The van der Waals surface area contributed by atoms with Crippen LogP contribution >= 0.6 is 35.7 Å². The number of aryl methyl sites for hydroxylation is 1. The van der Waals surface area contributed by atoms with Crippen LogP contribution < -0.4 is 10.6 Å². The zero-order chi connectivity index (χ0) is 19.7. The molecule has 0 spiro atoms. The van der Waals surface area contributed by atoms with Crippen LogP contribution in [0.5, 0.6) is 0 Å². The highest BCUT2D eigenvalue weighted by molar-refractivity contribution is 14.0. The van der Waals surface area contributed by atoms with E-state index in [2.05, 4.69) is 15.6 Å². The predicted octanol–water partition coefficient (Wildman–Crippen LogP) is 1.50. The molecule has 0 aliphatic carbocycles. The van der Waals surface area contributed by atoms with Crippen molar-refractivity contribution >= 4 is 57.4 Å². The number of thioether (sulfide) groups is 1. The van der Waals surface area contributed by atoms with Crippen molar-refractivity contribution in [3.05, 3.63) is 29.3 Å². The Kier molecular flexibility index (Phi) is 12.0. The average Bonchev–Trinajstić information content (AvgIpc) is 2.55. The van der Waals surface area contributed by atoms with E-state index in [1.54, 1.807) is 44.9 Å². The molecule has 1 aromatic rings. The molecular formula is C17H29IN4O3S2. The van der Waals surface area contributed by atoms with E-state index in [9.17, 15) is 13.2 Å². The van der Waals surface area contributed by atoms with Crippen LogP contribution in [0.25, 0.3) is 0 Å². The second-order valence-electron chi connectivity index (χ2n) is 6.10. The normalized spacial score (nSPS) is 11.5. The zero-order valence-corrected chi connectivity index (χ0v) is 20.4. The topological polar surface area (TPSA) is 90.9 Å². The first-order valence-electron chi connectivity index (χ1n) is 8.16. The van der Waals surface area contributed by atoms with Crippen LogP contribution in [0, 0.1) is 6.92 Å². The van der Waals surface area contributed by atoms with Crippen molar-refractivity contribution in [2.45, 2.75) is 18.4 Å². The molecule has 1 aromatic carbocycles. The van der Waals surface area contributed by atoms with E-state index >= 15 is 0 Å². The lowest BCUT2D eigenvalue weighted by atomic mass is 10.1. The molecule has 0 atom stereocenters. The number of halogens is 1. The van der Waals surface area contributed by atoms with Crippen molar-refractivity contribution < 1.29 is 13.2 Å². The first kappa shape index (κ1) is 26.0. The van der Waals surface area contributed by atoms with Gasteiger partial charge in [-0.2, -0.15) is 11.8 Å². The van der Waals surface area contributed by atoms with Crippen molar-refractivity contribution in [3.8, 4) is 0 Å². The van der Waals surface area contributed by atoms with E-state index in [-0.39, 0.29) is 36.4 Å². The van der Waals surface area contributed by atoms with Crippen LogP contribution in [0.15, 0.2) is 28.1 Å². The number of guanidine groups is 1. The number of nitrogens with zero attached hydrogens (tertiary/aromatic N) is 2. The third-order valence-corrected chi connectivity index (χ3v) is 5.43. The molecule has 154 valence electrons. The molecular weight excluding hydrogens is 499 g/mol. The number of hydrogen-bond donors (Lipinski definition) is 2. The molecule has 1 amide bonds. The Bertz CT molecular complexity index is 753. The average molecular weight is 528 g/mol. The molecule has 10 heteroatoms. The Balaban J connectivity index is 0.00000676. The molecule has 0 aromatic heterocycles. The molecule has 7 nitrogen and oxygen atoms in total. The maximum Gasteiger partial charge on any atom is 0.241 e. The lowest BCUT2D eigenvalue weighted by Gasteiger charge is -2.15. The minimum atomic E-state index is -3.23. The van der Waals surface area contributed by atoms with Gasteiger partial charge in [-0.05, 0) is 30.4 Å². The summed E-state index contributed by atoms with van der Waals surface area (Å²) in [5, 5.41) is 6.21. The minimum Gasteiger partial charge on any atom is -0.356 e. The Morgan fingerprint density at radius 1 is 1.26 bits per heavy atom. The fraction of sp³-hybridized carbons (Fsp3) is 0.529. The number of benzene rings is 1. The second kappa shape index (κ2) is 12.4. The van der Waals surface area contributed by atoms with E-state index in [4.69, 9.17) is 0 Å². The van der Waals surface area contributed by atoms with E-state index in [1.807, 2.05) is 12.3 Å². The van der Waals surface area contributed by atoms with Gasteiger partial charge < -0.3 is 15.5 Å². The van der Waals surface area contributed by atoms with Gasteiger partial charge in [0.2, 0.25) is 5.91 Å². The highest BCUT2D eigenvalue weighted by Gasteiger charge is 2.11. The molecule has 0 saturated heterocycles. The standard InChI is InChI=1S/C17H28N4O3S2.HI/c1-13-10-14(6-7-15(13)26(5,23)24)11-19-17(18-8-9-25-4)20-12-16(22)21(2)3;/h6-7,10H,8-9,11-12H2,1-5H3,(H2,18,19,20);1H. The Morgan fingerprint density at radius 2 is 1.93 bits per heavy atom. The van der Waals surface area contributed by atoms with E-state index in [0.29, 0.717) is 23.0 Å². The van der Waals surface area contributed by atoms with Gasteiger partial charge in [-0.25, -0.2) is 13.4 Å². The van der Waals surface area contributed by atoms with E-state index in [1.165, 1.54) is 11.2 Å². The fourth-order valence-electron chi connectivity index (χ4n) is 2.16. The summed E-state index contributed by atoms with van der Waals surface area (Å²) >= 11 is 1.72. The molecule has 0 radical (unpaired) electrons. The van der Waals surface area contributed by atoms with Crippen molar-refractivity contribution in [1.82, 2.24) is 15.5 Å². The maximum absolute atomic E-state index is 11.7. The molecule has 2 N–H and O–H groups in total. The summed E-state index contributed by atoms with van der Waals surface area (Å²) in [5.74, 6) is 1.43. The van der Waals surface area contributed by atoms with Gasteiger partial charge in [0.25, 0.3) is 0 Å². The fourth-order valence-corrected chi connectivity index (χ4v) is 3.42. The predicted molar refractivity (Wildman–Crippen MR) is 124 cm³/mol. The van der Waals surface area contributed by atoms with Gasteiger partial charge in [-0.1, -0.05) is 12.1 Å². The van der Waals surface area contributed by atoms with E-state index < -0.39 is 9.84 Å². The van der Waals surface area contributed by atoms with Gasteiger partial charge in [0, 0.05) is 32.6 Å². The Morgan fingerprint density at radius 3 is 2.44 bits per heavy atom. The van der Waals surface area contributed by atoms with E-state index in [0.717, 1.165) is 17.9 Å². The molecule has 0 unspecified atom stereocenters. The molecule has 1 rings (SSSR count). The number of rotatable bonds is 8. The molecule has 0 bridgehead atoms. The van der Waals surface area contributed by atoms with Crippen molar-refractivity contribution in [2.24, 2.45) is 4.99 Å². The lowest BCUT2D eigenvalue weighted by molar-refractivity contribution is -0.127. The Labute approximate surface area is 183 Å². The number of nitrogens with one attached hydrogen (secondary N) is 2. The molecule has 0 aliphatic heterocycles. The van der Waals surface area contributed by atoms with Crippen molar-refractivity contribution in [2.75, 3.05) is 45.4 Å². The SMILES string of the molecule is CSCCNC(=NCc1ccc(S(C)(=O)=O)c(C)c1)NCC(=O)N(C)C.I. The third kappa shape index (κ3) is 9.65. The number of carbonyl (C=O) groups excluding carboxylic acids is 1. The summed E-state index contributed by atoms with van der Waals surface area (Å²) in [5.41, 5.74) is 1.60. The molecule has 0 aliphatic rings. The number of amides is 1. The van der Waals surface area contributed by atoms with Gasteiger partial charge in [-0.15, -0.1) is 24.0 Å². The van der Waals surface area contributed by atoms with Crippen LogP contribution in [0.1, 0.15) is 11.1 Å². The summed E-state index contributed by atoms with van der Waals surface area (Å²) in [7, 11) is 0.177. The summed E-state index contributed by atoms with van der Waals surface area (Å²) < 4.78 is 23.4.